The predicted molar refractivity (Wildman–Crippen MR) is 90.3 cm³/mol. The topological polar surface area (TPSA) is 36.9 Å². The maximum absolute atomic E-state index is 6.34. The third-order valence-electron chi connectivity index (χ3n) is 5.24. The van der Waals surface area contributed by atoms with E-state index in [0.29, 0.717) is 38.3 Å². The summed E-state index contributed by atoms with van der Waals surface area (Å²) in [6.45, 7) is 11.8. The van der Waals surface area contributed by atoms with Crippen LogP contribution in [0.3, 0.4) is 0 Å². The molecule has 2 saturated heterocycles. The van der Waals surface area contributed by atoms with Crippen LogP contribution in [0, 0.1) is 17.3 Å². The summed E-state index contributed by atoms with van der Waals surface area (Å²) in [4.78, 5) is 0. The van der Waals surface area contributed by atoms with Crippen molar-refractivity contribution in [3.63, 3.8) is 0 Å². The minimum atomic E-state index is -0.120. The van der Waals surface area contributed by atoms with Gasteiger partial charge in [0.15, 0.2) is 9.03 Å². The molecule has 130 valence electrons. The van der Waals surface area contributed by atoms with Gasteiger partial charge in [-0.2, -0.15) is 0 Å². The molecular weight excluding hydrogens is 299 g/mol. The molecule has 0 aromatic carbocycles. The zero-order chi connectivity index (χ0) is 16.0. The Morgan fingerprint density at radius 2 is 1.68 bits per heavy atom. The number of ether oxygens (including phenoxy) is 2. The quantitative estimate of drug-likeness (QED) is 0.708. The molecule has 2 aliphatic heterocycles. The summed E-state index contributed by atoms with van der Waals surface area (Å²) >= 11 is 0. The SMILES string of the molecule is CCC(C)CC1CC(C(C)CC)OCC2(COPOC2)CO1. The van der Waals surface area contributed by atoms with Gasteiger partial charge in [0.2, 0.25) is 0 Å². The van der Waals surface area contributed by atoms with Gasteiger partial charge >= 0.3 is 0 Å². The van der Waals surface area contributed by atoms with Crippen LogP contribution in [0.15, 0.2) is 0 Å². The van der Waals surface area contributed by atoms with Gasteiger partial charge in [0.1, 0.15) is 0 Å². The molecule has 0 amide bonds. The predicted octanol–water partition coefficient (Wildman–Crippen LogP) is 4.18. The summed E-state index contributed by atoms with van der Waals surface area (Å²) in [7, 11) is 0.164. The highest BCUT2D eigenvalue weighted by Gasteiger charge is 2.39. The van der Waals surface area contributed by atoms with Crippen LogP contribution in [0.4, 0.5) is 0 Å². The highest BCUT2D eigenvalue weighted by molar-refractivity contribution is 7.26. The first-order valence-electron chi connectivity index (χ1n) is 8.80. The Labute approximate surface area is 137 Å². The van der Waals surface area contributed by atoms with Crippen LogP contribution in [0.1, 0.15) is 53.4 Å². The molecule has 1 spiro atoms. The molecule has 0 saturated carbocycles. The molecule has 0 aliphatic carbocycles. The zero-order valence-corrected chi connectivity index (χ0v) is 15.6. The van der Waals surface area contributed by atoms with E-state index in [1.165, 1.54) is 6.42 Å². The van der Waals surface area contributed by atoms with Crippen LogP contribution in [-0.2, 0) is 18.5 Å². The summed E-state index contributed by atoms with van der Waals surface area (Å²) < 4.78 is 23.8. The highest BCUT2D eigenvalue weighted by Crippen LogP contribution is 2.36. The lowest BCUT2D eigenvalue weighted by Crippen LogP contribution is -2.47. The van der Waals surface area contributed by atoms with Crippen molar-refractivity contribution in [3.8, 4) is 0 Å². The van der Waals surface area contributed by atoms with Gasteiger partial charge < -0.3 is 18.5 Å². The average Bonchev–Trinajstić information content (AvgIpc) is 2.54. The molecule has 0 aromatic heterocycles. The van der Waals surface area contributed by atoms with Gasteiger partial charge in [-0.3, -0.25) is 0 Å². The van der Waals surface area contributed by atoms with E-state index in [2.05, 4.69) is 27.7 Å². The van der Waals surface area contributed by atoms with Gasteiger partial charge in [-0.05, 0) is 18.3 Å². The molecule has 2 rings (SSSR count). The average molecular weight is 332 g/mol. The molecule has 0 bridgehead atoms. The minimum Gasteiger partial charge on any atom is -0.377 e. The maximum atomic E-state index is 6.34. The number of hydrogen-bond acceptors (Lipinski definition) is 4. The van der Waals surface area contributed by atoms with E-state index in [9.17, 15) is 0 Å². The van der Waals surface area contributed by atoms with Gasteiger partial charge in [0.05, 0.1) is 44.1 Å². The second-order valence-electron chi connectivity index (χ2n) is 7.31. The normalized spacial score (nSPS) is 37.6. The van der Waals surface area contributed by atoms with Crippen molar-refractivity contribution in [3.05, 3.63) is 0 Å². The molecule has 5 heteroatoms. The second kappa shape index (κ2) is 8.94. The van der Waals surface area contributed by atoms with Crippen molar-refractivity contribution < 1.29 is 18.5 Å². The van der Waals surface area contributed by atoms with Crippen molar-refractivity contribution in [2.24, 2.45) is 17.3 Å². The van der Waals surface area contributed by atoms with Crippen molar-refractivity contribution in [1.29, 1.82) is 0 Å². The van der Waals surface area contributed by atoms with Crippen molar-refractivity contribution in [1.82, 2.24) is 0 Å². The molecule has 2 heterocycles. The van der Waals surface area contributed by atoms with Crippen molar-refractivity contribution in [2.45, 2.75) is 65.6 Å². The standard InChI is InChI=1S/C17H33O4P/c1-5-13(3)7-15-8-16(14(4)6-2)19-10-17(9-18-15)11-20-22-21-12-17/h13-16,22H,5-12H2,1-4H3. The lowest BCUT2D eigenvalue weighted by atomic mass is 9.88. The molecule has 2 fully saturated rings. The summed E-state index contributed by atoms with van der Waals surface area (Å²) in [5.74, 6) is 1.25. The van der Waals surface area contributed by atoms with Crippen LogP contribution < -0.4 is 0 Å². The number of rotatable bonds is 5. The fourth-order valence-electron chi connectivity index (χ4n) is 3.07. The summed E-state index contributed by atoms with van der Waals surface area (Å²) in [6.07, 6.45) is 5.04. The monoisotopic (exact) mass is 332 g/mol. The Bertz CT molecular complexity index is 320. The van der Waals surface area contributed by atoms with E-state index < -0.39 is 0 Å². The summed E-state index contributed by atoms with van der Waals surface area (Å²) in [5, 5.41) is 0. The second-order valence-corrected chi connectivity index (χ2v) is 8.06. The maximum Gasteiger partial charge on any atom is 0.155 e. The van der Waals surface area contributed by atoms with Gasteiger partial charge in [-0.1, -0.05) is 40.5 Å². The molecule has 0 aromatic rings. The van der Waals surface area contributed by atoms with E-state index in [4.69, 9.17) is 18.5 Å². The lowest BCUT2D eigenvalue weighted by molar-refractivity contribution is -0.157. The summed E-state index contributed by atoms with van der Waals surface area (Å²) in [5.41, 5.74) is -0.120. The highest BCUT2D eigenvalue weighted by atomic mass is 31.1. The molecule has 0 radical (unpaired) electrons. The fraction of sp³-hybridized carbons (Fsp3) is 1.00. The molecule has 4 atom stereocenters. The molecular formula is C17H33O4P. The molecule has 0 N–H and O–H groups in total. The number of hydrogen-bond donors (Lipinski definition) is 0. The molecule has 4 unspecified atom stereocenters. The first-order chi connectivity index (χ1) is 10.6. The van der Waals surface area contributed by atoms with E-state index in [-0.39, 0.29) is 26.7 Å². The Balaban J connectivity index is 2.04. The van der Waals surface area contributed by atoms with Crippen LogP contribution in [0.5, 0.6) is 0 Å². The van der Waals surface area contributed by atoms with Gasteiger partial charge in [0, 0.05) is 6.42 Å². The first-order valence-corrected chi connectivity index (χ1v) is 9.62. The van der Waals surface area contributed by atoms with Gasteiger partial charge in [-0.15, -0.1) is 0 Å². The Morgan fingerprint density at radius 3 is 2.32 bits per heavy atom. The molecule has 22 heavy (non-hydrogen) atoms. The smallest absolute Gasteiger partial charge is 0.155 e. The van der Waals surface area contributed by atoms with E-state index >= 15 is 0 Å². The summed E-state index contributed by atoms with van der Waals surface area (Å²) in [6, 6.07) is 0. The Hall–Kier alpha value is 0.270. The Kier molecular flexibility index (Phi) is 7.56. The van der Waals surface area contributed by atoms with Crippen molar-refractivity contribution in [2.75, 3.05) is 26.4 Å². The van der Waals surface area contributed by atoms with Crippen molar-refractivity contribution >= 4 is 9.03 Å². The fourth-order valence-corrected chi connectivity index (χ4v) is 3.88. The van der Waals surface area contributed by atoms with E-state index in [1.54, 1.807) is 0 Å². The largest absolute Gasteiger partial charge is 0.377 e. The Morgan fingerprint density at radius 1 is 1.00 bits per heavy atom. The van der Waals surface area contributed by atoms with Crippen LogP contribution in [0.2, 0.25) is 0 Å². The zero-order valence-electron chi connectivity index (χ0n) is 14.6. The van der Waals surface area contributed by atoms with E-state index in [1.807, 2.05) is 0 Å². The third-order valence-corrected chi connectivity index (χ3v) is 5.76. The van der Waals surface area contributed by atoms with E-state index in [0.717, 1.165) is 19.3 Å². The van der Waals surface area contributed by atoms with Gasteiger partial charge in [0.25, 0.3) is 0 Å². The van der Waals surface area contributed by atoms with Crippen LogP contribution >= 0.6 is 9.03 Å². The molecule has 4 nitrogen and oxygen atoms in total. The van der Waals surface area contributed by atoms with Crippen LogP contribution in [-0.4, -0.2) is 38.6 Å². The third kappa shape index (κ3) is 5.14. The molecule has 2 aliphatic rings. The van der Waals surface area contributed by atoms with Gasteiger partial charge in [-0.25, -0.2) is 0 Å². The van der Waals surface area contributed by atoms with Crippen LogP contribution in [0.25, 0.3) is 0 Å². The first kappa shape index (κ1) is 18.6. The minimum absolute atomic E-state index is 0.120. The lowest BCUT2D eigenvalue weighted by Gasteiger charge is -2.41.